The first-order chi connectivity index (χ1) is 13.0. The van der Waals surface area contributed by atoms with E-state index >= 15 is 0 Å². The number of rotatable bonds is 4. The molecule has 6 nitrogen and oxygen atoms in total. The number of nitrogen functional groups attached to an aromatic ring is 1. The van der Waals surface area contributed by atoms with E-state index in [9.17, 15) is 4.79 Å². The van der Waals surface area contributed by atoms with Crippen LogP contribution in [0.25, 0.3) is 22.5 Å². The van der Waals surface area contributed by atoms with Crippen LogP contribution in [0.15, 0.2) is 42.7 Å². The molecule has 2 heterocycles. The minimum Gasteiger partial charge on any atom is -0.496 e. The SMILES string of the molecule is COC(=O)c1cc(-c2ccncc2)nc(-c2c(C)ccc(OC)c2C)c1N. The maximum Gasteiger partial charge on any atom is 0.340 e. The number of hydrogen-bond donors (Lipinski definition) is 1. The summed E-state index contributed by atoms with van der Waals surface area (Å²) in [6.07, 6.45) is 3.35. The van der Waals surface area contributed by atoms with Crippen molar-refractivity contribution in [3.63, 3.8) is 0 Å². The number of hydrogen-bond acceptors (Lipinski definition) is 6. The van der Waals surface area contributed by atoms with Crippen molar-refractivity contribution < 1.29 is 14.3 Å². The van der Waals surface area contributed by atoms with Crippen LogP contribution in [0.1, 0.15) is 21.5 Å². The standard InChI is InChI=1S/C21H21N3O3/c1-12-5-6-17(26-3)13(2)18(12)20-19(22)15(21(25)27-4)11-16(24-20)14-7-9-23-10-8-14/h5-11H,22H2,1-4H3. The summed E-state index contributed by atoms with van der Waals surface area (Å²) < 4.78 is 10.4. The van der Waals surface area contributed by atoms with Crippen molar-refractivity contribution in [2.24, 2.45) is 0 Å². The highest BCUT2D eigenvalue weighted by Gasteiger charge is 2.21. The Hall–Kier alpha value is -3.41. The van der Waals surface area contributed by atoms with Crippen molar-refractivity contribution in [3.8, 4) is 28.3 Å². The minimum atomic E-state index is -0.510. The Balaban J connectivity index is 2.35. The molecule has 3 aromatic rings. The quantitative estimate of drug-likeness (QED) is 0.709. The van der Waals surface area contributed by atoms with Gasteiger partial charge in [-0.05, 0) is 43.7 Å². The number of benzene rings is 1. The average Bonchev–Trinajstić information content (AvgIpc) is 2.69. The molecule has 27 heavy (non-hydrogen) atoms. The largest absolute Gasteiger partial charge is 0.496 e. The molecule has 6 heteroatoms. The molecule has 1 aromatic carbocycles. The smallest absolute Gasteiger partial charge is 0.340 e. The van der Waals surface area contributed by atoms with Crippen LogP contribution in [0.2, 0.25) is 0 Å². The van der Waals surface area contributed by atoms with Gasteiger partial charge < -0.3 is 15.2 Å². The molecule has 0 bridgehead atoms. The van der Waals surface area contributed by atoms with E-state index < -0.39 is 5.97 Å². The number of esters is 1. The molecule has 0 saturated carbocycles. The Morgan fingerprint density at radius 1 is 1.07 bits per heavy atom. The first kappa shape index (κ1) is 18.4. The van der Waals surface area contributed by atoms with Crippen LogP contribution in [0, 0.1) is 13.8 Å². The summed E-state index contributed by atoms with van der Waals surface area (Å²) in [4.78, 5) is 21.1. The van der Waals surface area contributed by atoms with Crippen molar-refractivity contribution in [1.29, 1.82) is 0 Å². The molecule has 138 valence electrons. The summed E-state index contributed by atoms with van der Waals surface area (Å²) in [6, 6.07) is 9.14. The van der Waals surface area contributed by atoms with Gasteiger partial charge in [-0.15, -0.1) is 0 Å². The summed E-state index contributed by atoms with van der Waals surface area (Å²) >= 11 is 0. The number of nitrogens with two attached hydrogens (primary N) is 1. The van der Waals surface area contributed by atoms with E-state index in [4.69, 9.17) is 20.2 Å². The third kappa shape index (κ3) is 3.33. The summed E-state index contributed by atoms with van der Waals surface area (Å²) in [5.41, 5.74) is 11.6. The van der Waals surface area contributed by atoms with E-state index in [1.807, 2.05) is 38.1 Å². The zero-order chi connectivity index (χ0) is 19.6. The van der Waals surface area contributed by atoms with Crippen molar-refractivity contribution in [2.75, 3.05) is 20.0 Å². The molecule has 2 aromatic heterocycles. The lowest BCUT2D eigenvalue weighted by Gasteiger charge is -2.17. The summed E-state index contributed by atoms with van der Waals surface area (Å²) in [7, 11) is 2.95. The zero-order valence-corrected chi connectivity index (χ0v) is 15.7. The fourth-order valence-electron chi connectivity index (χ4n) is 3.11. The van der Waals surface area contributed by atoms with Gasteiger partial charge in [-0.25, -0.2) is 9.78 Å². The van der Waals surface area contributed by atoms with Gasteiger partial charge in [-0.3, -0.25) is 4.98 Å². The van der Waals surface area contributed by atoms with Crippen LogP contribution in [-0.2, 0) is 4.74 Å². The highest BCUT2D eigenvalue weighted by Crippen LogP contribution is 2.38. The van der Waals surface area contributed by atoms with Gasteiger partial charge >= 0.3 is 5.97 Å². The predicted octanol–water partition coefficient (Wildman–Crippen LogP) is 3.80. The first-order valence-corrected chi connectivity index (χ1v) is 8.41. The van der Waals surface area contributed by atoms with E-state index in [0.29, 0.717) is 11.4 Å². The van der Waals surface area contributed by atoms with Crippen molar-refractivity contribution in [3.05, 3.63) is 59.4 Å². The van der Waals surface area contributed by atoms with Crippen molar-refractivity contribution in [1.82, 2.24) is 9.97 Å². The number of anilines is 1. The third-order valence-electron chi connectivity index (χ3n) is 4.52. The predicted molar refractivity (Wildman–Crippen MR) is 105 cm³/mol. The molecule has 0 aliphatic rings. The van der Waals surface area contributed by atoms with E-state index in [1.165, 1.54) is 7.11 Å². The van der Waals surface area contributed by atoms with Gasteiger partial charge in [0, 0.05) is 29.1 Å². The number of pyridine rings is 2. The Morgan fingerprint density at radius 3 is 2.41 bits per heavy atom. The molecule has 2 N–H and O–H groups in total. The van der Waals surface area contributed by atoms with Gasteiger partial charge in [-0.2, -0.15) is 0 Å². The lowest BCUT2D eigenvalue weighted by atomic mass is 9.95. The number of aryl methyl sites for hydroxylation is 1. The van der Waals surface area contributed by atoms with Crippen molar-refractivity contribution in [2.45, 2.75) is 13.8 Å². The monoisotopic (exact) mass is 363 g/mol. The van der Waals surface area contributed by atoms with Crippen LogP contribution in [0.5, 0.6) is 5.75 Å². The van der Waals surface area contributed by atoms with Crippen LogP contribution < -0.4 is 10.5 Å². The van der Waals surface area contributed by atoms with Crippen LogP contribution in [0.3, 0.4) is 0 Å². The lowest BCUT2D eigenvalue weighted by Crippen LogP contribution is -2.10. The summed E-state index contributed by atoms with van der Waals surface area (Å²) in [6.45, 7) is 3.92. The summed E-state index contributed by atoms with van der Waals surface area (Å²) in [5, 5.41) is 0. The average molecular weight is 363 g/mol. The maximum absolute atomic E-state index is 12.3. The van der Waals surface area contributed by atoms with Crippen LogP contribution in [-0.4, -0.2) is 30.2 Å². The number of carbonyl (C=O) groups is 1. The summed E-state index contributed by atoms with van der Waals surface area (Å²) in [5.74, 6) is 0.218. The molecule has 0 amide bonds. The zero-order valence-electron chi connectivity index (χ0n) is 15.7. The number of carbonyl (C=O) groups excluding carboxylic acids is 1. The van der Waals surface area contributed by atoms with Crippen molar-refractivity contribution >= 4 is 11.7 Å². The molecule has 0 saturated heterocycles. The number of ether oxygens (including phenoxy) is 2. The number of aromatic nitrogens is 2. The minimum absolute atomic E-state index is 0.274. The topological polar surface area (TPSA) is 87.3 Å². The molecule has 3 rings (SSSR count). The van der Waals surface area contributed by atoms with E-state index in [-0.39, 0.29) is 11.3 Å². The fourth-order valence-corrected chi connectivity index (χ4v) is 3.11. The molecular weight excluding hydrogens is 342 g/mol. The molecule has 0 fully saturated rings. The van der Waals surface area contributed by atoms with E-state index in [1.54, 1.807) is 25.6 Å². The molecular formula is C21H21N3O3. The van der Waals surface area contributed by atoms with Crippen LogP contribution >= 0.6 is 0 Å². The first-order valence-electron chi connectivity index (χ1n) is 8.41. The Bertz CT molecular complexity index is 1000. The Kier molecular flexibility index (Phi) is 5.07. The number of methoxy groups -OCH3 is 2. The van der Waals surface area contributed by atoms with Gasteiger partial charge in [0.15, 0.2) is 0 Å². The maximum atomic E-state index is 12.3. The van der Waals surface area contributed by atoms with Gasteiger partial charge in [-0.1, -0.05) is 6.07 Å². The molecule has 0 unspecified atom stereocenters. The van der Waals surface area contributed by atoms with E-state index in [2.05, 4.69) is 4.98 Å². The second-order valence-electron chi connectivity index (χ2n) is 6.13. The third-order valence-corrected chi connectivity index (χ3v) is 4.52. The molecule has 0 atom stereocenters. The second kappa shape index (κ2) is 7.45. The van der Waals surface area contributed by atoms with Gasteiger partial charge in [0.1, 0.15) is 5.75 Å². The van der Waals surface area contributed by atoms with E-state index in [0.717, 1.165) is 28.0 Å². The van der Waals surface area contributed by atoms with Gasteiger partial charge in [0.05, 0.1) is 36.9 Å². The second-order valence-corrected chi connectivity index (χ2v) is 6.13. The normalized spacial score (nSPS) is 10.5. The van der Waals surface area contributed by atoms with Gasteiger partial charge in [0.2, 0.25) is 0 Å². The van der Waals surface area contributed by atoms with Gasteiger partial charge in [0.25, 0.3) is 0 Å². The lowest BCUT2D eigenvalue weighted by molar-refractivity contribution is 0.0602. The molecule has 0 spiro atoms. The highest BCUT2D eigenvalue weighted by molar-refractivity contribution is 6.00. The molecule has 0 radical (unpaired) electrons. The highest BCUT2D eigenvalue weighted by atomic mass is 16.5. The Morgan fingerprint density at radius 2 is 1.78 bits per heavy atom. The fraction of sp³-hybridized carbons (Fsp3) is 0.190. The molecule has 0 aliphatic carbocycles. The Labute approximate surface area is 158 Å². The van der Waals surface area contributed by atoms with Crippen LogP contribution in [0.4, 0.5) is 5.69 Å². The molecule has 0 aliphatic heterocycles. The number of nitrogens with zero attached hydrogens (tertiary/aromatic N) is 2.